The molecule has 30 heavy (non-hydrogen) atoms. The van der Waals surface area contributed by atoms with Crippen molar-refractivity contribution in [1.82, 2.24) is 0 Å². The number of hydrogen-bond acceptors (Lipinski definition) is 6. The summed E-state index contributed by atoms with van der Waals surface area (Å²) in [6.07, 6.45) is 5.18. The van der Waals surface area contributed by atoms with Gasteiger partial charge < -0.3 is 19.9 Å². The molecule has 0 fully saturated rings. The average Bonchev–Trinajstić information content (AvgIpc) is 2.75. The molecule has 0 saturated heterocycles. The third-order valence-corrected chi connectivity index (χ3v) is 3.86. The fourth-order valence-electron chi connectivity index (χ4n) is 2.39. The Labute approximate surface area is 175 Å². The molecule has 0 radical (unpaired) electrons. The van der Waals surface area contributed by atoms with Crippen molar-refractivity contribution in [1.29, 1.82) is 5.26 Å². The molecule has 0 bridgehead atoms. The van der Waals surface area contributed by atoms with E-state index in [2.05, 4.69) is 0 Å². The molecule has 0 aliphatic heterocycles. The Bertz CT molecular complexity index is 1000. The molecule has 0 heterocycles. The van der Waals surface area contributed by atoms with Crippen LogP contribution in [0.5, 0.6) is 17.2 Å². The third-order valence-electron chi connectivity index (χ3n) is 3.86. The maximum absolute atomic E-state index is 12.2. The van der Waals surface area contributed by atoms with Crippen LogP contribution in [0.3, 0.4) is 0 Å². The SMILES string of the molecule is CCCOc1ccc(/C=C/C(=O)Oc2ccc(/C=C(\C#N)C(N)=O)cc2OC)cc1. The summed E-state index contributed by atoms with van der Waals surface area (Å²) in [6, 6.07) is 13.7. The highest BCUT2D eigenvalue weighted by molar-refractivity contribution is 6.00. The quantitative estimate of drug-likeness (QED) is 0.295. The van der Waals surface area contributed by atoms with Crippen molar-refractivity contribution >= 4 is 24.0 Å². The van der Waals surface area contributed by atoms with E-state index in [0.29, 0.717) is 12.2 Å². The molecule has 2 aromatic rings. The topological polar surface area (TPSA) is 112 Å². The van der Waals surface area contributed by atoms with Crippen LogP contribution in [0.4, 0.5) is 0 Å². The van der Waals surface area contributed by atoms with E-state index in [4.69, 9.17) is 25.2 Å². The second-order valence-corrected chi connectivity index (χ2v) is 6.12. The molecule has 7 nitrogen and oxygen atoms in total. The van der Waals surface area contributed by atoms with Crippen LogP contribution in [0.25, 0.3) is 12.2 Å². The fourth-order valence-corrected chi connectivity index (χ4v) is 2.39. The first kappa shape index (κ1) is 22.2. The zero-order chi connectivity index (χ0) is 21.9. The van der Waals surface area contributed by atoms with Crippen LogP contribution in [-0.4, -0.2) is 25.6 Å². The highest BCUT2D eigenvalue weighted by Gasteiger charge is 2.10. The predicted molar refractivity (Wildman–Crippen MR) is 113 cm³/mol. The van der Waals surface area contributed by atoms with E-state index in [-0.39, 0.29) is 17.1 Å². The molecule has 0 atom stereocenters. The molecule has 0 unspecified atom stereocenters. The van der Waals surface area contributed by atoms with Crippen LogP contribution in [0, 0.1) is 11.3 Å². The van der Waals surface area contributed by atoms with Gasteiger partial charge >= 0.3 is 5.97 Å². The van der Waals surface area contributed by atoms with Crippen molar-refractivity contribution in [3.63, 3.8) is 0 Å². The molecular weight excluding hydrogens is 384 g/mol. The lowest BCUT2D eigenvalue weighted by Crippen LogP contribution is -2.12. The lowest BCUT2D eigenvalue weighted by atomic mass is 10.1. The van der Waals surface area contributed by atoms with Gasteiger partial charge in [-0.05, 0) is 54.0 Å². The van der Waals surface area contributed by atoms with Gasteiger partial charge in [-0.3, -0.25) is 4.79 Å². The van der Waals surface area contributed by atoms with Gasteiger partial charge in [0.25, 0.3) is 5.91 Å². The minimum Gasteiger partial charge on any atom is -0.494 e. The number of primary amides is 1. The summed E-state index contributed by atoms with van der Waals surface area (Å²) >= 11 is 0. The van der Waals surface area contributed by atoms with E-state index in [1.807, 2.05) is 31.2 Å². The number of carbonyl (C=O) groups excluding carboxylic acids is 2. The number of methoxy groups -OCH3 is 1. The Morgan fingerprint density at radius 3 is 2.40 bits per heavy atom. The van der Waals surface area contributed by atoms with Gasteiger partial charge in [0, 0.05) is 6.08 Å². The fraction of sp³-hybridized carbons (Fsp3) is 0.174. The van der Waals surface area contributed by atoms with Crippen molar-refractivity contribution in [2.75, 3.05) is 13.7 Å². The Balaban J connectivity index is 2.08. The summed E-state index contributed by atoms with van der Waals surface area (Å²) in [7, 11) is 1.41. The predicted octanol–water partition coefficient (Wildman–Crippen LogP) is 3.50. The molecule has 2 aromatic carbocycles. The highest BCUT2D eigenvalue weighted by Crippen LogP contribution is 2.29. The summed E-state index contributed by atoms with van der Waals surface area (Å²) in [5, 5.41) is 8.93. The molecule has 2 rings (SSSR count). The van der Waals surface area contributed by atoms with Gasteiger partial charge in [-0.15, -0.1) is 0 Å². The average molecular weight is 406 g/mol. The first-order valence-corrected chi connectivity index (χ1v) is 9.19. The Hall–Kier alpha value is -4.05. The zero-order valence-electron chi connectivity index (χ0n) is 16.8. The minimum atomic E-state index is -0.831. The number of nitriles is 1. The summed E-state index contributed by atoms with van der Waals surface area (Å²) in [4.78, 5) is 23.3. The summed E-state index contributed by atoms with van der Waals surface area (Å²) < 4.78 is 16.1. The van der Waals surface area contributed by atoms with Gasteiger partial charge in [-0.1, -0.05) is 25.1 Å². The Morgan fingerprint density at radius 2 is 1.80 bits per heavy atom. The number of ether oxygens (including phenoxy) is 3. The maximum Gasteiger partial charge on any atom is 0.336 e. The number of carbonyl (C=O) groups is 2. The van der Waals surface area contributed by atoms with Gasteiger partial charge in [-0.2, -0.15) is 5.26 Å². The van der Waals surface area contributed by atoms with Crippen LogP contribution >= 0.6 is 0 Å². The molecule has 0 aliphatic rings. The Kier molecular flexibility index (Phi) is 8.21. The second-order valence-electron chi connectivity index (χ2n) is 6.12. The standard InChI is InChI=1S/C23H22N2O5/c1-3-12-29-19-8-4-16(5-9-19)7-11-22(26)30-20-10-6-17(14-21(20)28-2)13-18(15-24)23(25)27/h4-11,13-14H,3,12H2,1-2H3,(H2,25,27)/b11-7+,18-13+. The molecule has 154 valence electrons. The second kappa shape index (κ2) is 11.1. The van der Waals surface area contributed by atoms with Crippen molar-refractivity contribution in [3.05, 3.63) is 65.2 Å². The number of nitrogens with zero attached hydrogens (tertiary/aromatic N) is 1. The van der Waals surface area contributed by atoms with E-state index in [1.165, 1.54) is 31.4 Å². The van der Waals surface area contributed by atoms with Gasteiger partial charge in [0.2, 0.25) is 0 Å². The molecule has 0 spiro atoms. The van der Waals surface area contributed by atoms with Crippen LogP contribution in [-0.2, 0) is 9.59 Å². The van der Waals surface area contributed by atoms with Crippen LogP contribution < -0.4 is 19.9 Å². The van der Waals surface area contributed by atoms with Gasteiger partial charge in [0.1, 0.15) is 17.4 Å². The normalized spacial score (nSPS) is 11.0. The van der Waals surface area contributed by atoms with E-state index in [0.717, 1.165) is 17.7 Å². The van der Waals surface area contributed by atoms with Crippen LogP contribution in [0.2, 0.25) is 0 Å². The van der Waals surface area contributed by atoms with E-state index < -0.39 is 11.9 Å². The summed E-state index contributed by atoms with van der Waals surface area (Å²) in [5.74, 6) is -0.180. The van der Waals surface area contributed by atoms with Crippen molar-refractivity contribution < 1.29 is 23.8 Å². The molecule has 2 N–H and O–H groups in total. The number of amides is 1. The molecule has 0 aromatic heterocycles. The van der Waals surface area contributed by atoms with E-state index in [1.54, 1.807) is 18.2 Å². The molecule has 0 saturated carbocycles. The lowest BCUT2D eigenvalue weighted by molar-refractivity contribution is -0.129. The van der Waals surface area contributed by atoms with Gasteiger partial charge in [-0.25, -0.2) is 4.79 Å². The van der Waals surface area contributed by atoms with Crippen LogP contribution in [0.15, 0.2) is 54.1 Å². The van der Waals surface area contributed by atoms with Crippen LogP contribution in [0.1, 0.15) is 24.5 Å². The van der Waals surface area contributed by atoms with E-state index >= 15 is 0 Å². The summed E-state index contributed by atoms with van der Waals surface area (Å²) in [6.45, 7) is 2.69. The number of nitrogens with two attached hydrogens (primary N) is 1. The number of esters is 1. The summed E-state index contributed by atoms with van der Waals surface area (Å²) in [5.41, 5.74) is 6.25. The highest BCUT2D eigenvalue weighted by atomic mass is 16.6. The van der Waals surface area contributed by atoms with Crippen molar-refractivity contribution in [2.45, 2.75) is 13.3 Å². The van der Waals surface area contributed by atoms with E-state index in [9.17, 15) is 9.59 Å². The Morgan fingerprint density at radius 1 is 1.10 bits per heavy atom. The minimum absolute atomic E-state index is 0.198. The molecule has 0 aliphatic carbocycles. The molecule has 1 amide bonds. The largest absolute Gasteiger partial charge is 0.494 e. The smallest absolute Gasteiger partial charge is 0.336 e. The first-order valence-electron chi connectivity index (χ1n) is 9.19. The van der Waals surface area contributed by atoms with Crippen molar-refractivity contribution in [3.8, 4) is 23.3 Å². The van der Waals surface area contributed by atoms with Gasteiger partial charge in [0.15, 0.2) is 11.5 Å². The zero-order valence-corrected chi connectivity index (χ0v) is 16.8. The molecular formula is C23H22N2O5. The number of benzene rings is 2. The third kappa shape index (κ3) is 6.53. The molecule has 7 heteroatoms. The maximum atomic E-state index is 12.2. The monoisotopic (exact) mass is 406 g/mol. The lowest BCUT2D eigenvalue weighted by Gasteiger charge is -2.09. The van der Waals surface area contributed by atoms with Crippen molar-refractivity contribution in [2.24, 2.45) is 5.73 Å². The number of hydrogen-bond donors (Lipinski definition) is 1. The number of rotatable bonds is 9. The van der Waals surface area contributed by atoms with Gasteiger partial charge in [0.05, 0.1) is 13.7 Å². The first-order chi connectivity index (χ1) is 14.5.